The Balaban J connectivity index is 2.08. The summed E-state index contributed by atoms with van der Waals surface area (Å²) in [4.78, 5) is 23.5. The number of carboxylic acid groups (broad SMARTS) is 1. The lowest BCUT2D eigenvalue weighted by molar-refractivity contribution is 0.0692. The highest BCUT2D eigenvalue weighted by Gasteiger charge is 2.12. The second-order valence-corrected chi connectivity index (χ2v) is 3.68. The van der Waals surface area contributed by atoms with Crippen molar-refractivity contribution in [1.82, 2.24) is 20.2 Å². The van der Waals surface area contributed by atoms with Crippen LogP contribution in [-0.4, -0.2) is 37.3 Å². The van der Waals surface area contributed by atoms with E-state index in [4.69, 9.17) is 5.11 Å². The molecule has 0 bridgehead atoms. The number of nitrogens with one attached hydrogen (secondary N) is 2. The van der Waals surface area contributed by atoms with Crippen LogP contribution in [-0.2, 0) is 7.05 Å². The van der Waals surface area contributed by atoms with Gasteiger partial charge in [-0.2, -0.15) is 4.80 Å². The fourth-order valence-corrected chi connectivity index (χ4v) is 1.36. The van der Waals surface area contributed by atoms with Crippen LogP contribution in [0.15, 0.2) is 18.2 Å². The van der Waals surface area contributed by atoms with Gasteiger partial charge < -0.3 is 10.4 Å². The summed E-state index contributed by atoms with van der Waals surface area (Å²) in [6, 6.07) is 2.47. The van der Waals surface area contributed by atoms with E-state index in [2.05, 4.69) is 26.0 Å². The maximum Gasteiger partial charge on any atom is 0.338 e. The summed E-state index contributed by atoms with van der Waals surface area (Å²) >= 11 is 0. The highest BCUT2D eigenvalue weighted by atomic mass is 19.1. The van der Waals surface area contributed by atoms with Crippen LogP contribution in [0.2, 0.25) is 0 Å². The van der Waals surface area contributed by atoms with Crippen LogP contribution in [0.3, 0.4) is 0 Å². The van der Waals surface area contributed by atoms with Crippen molar-refractivity contribution in [3.8, 4) is 0 Å². The Kier molecular flexibility index (Phi) is 3.55. The molecule has 0 aliphatic carbocycles. The summed E-state index contributed by atoms with van der Waals surface area (Å²) < 4.78 is 13.2. The number of urea groups is 1. The molecule has 0 aliphatic rings. The Morgan fingerprint density at radius 2 is 2.10 bits per heavy atom. The lowest BCUT2D eigenvalue weighted by atomic mass is 10.2. The minimum Gasteiger partial charge on any atom is -0.478 e. The van der Waals surface area contributed by atoms with E-state index in [1.807, 2.05) is 0 Å². The second-order valence-electron chi connectivity index (χ2n) is 3.68. The number of benzene rings is 1. The first-order valence-corrected chi connectivity index (χ1v) is 5.30. The first-order chi connectivity index (χ1) is 9.45. The van der Waals surface area contributed by atoms with Crippen molar-refractivity contribution >= 4 is 23.6 Å². The SMILES string of the molecule is Cn1nnc(NC(=O)Nc2ccc(F)c(C(=O)O)c2)n1. The summed E-state index contributed by atoms with van der Waals surface area (Å²) in [5, 5.41) is 24.1. The molecule has 1 aromatic carbocycles. The third-order valence-electron chi connectivity index (χ3n) is 2.19. The zero-order valence-electron chi connectivity index (χ0n) is 10.2. The van der Waals surface area contributed by atoms with Gasteiger partial charge in [-0.25, -0.2) is 14.0 Å². The molecule has 2 rings (SSSR count). The van der Waals surface area contributed by atoms with Gasteiger partial charge in [-0.05, 0) is 23.4 Å². The number of carboxylic acids is 1. The first-order valence-electron chi connectivity index (χ1n) is 5.30. The number of rotatable bonds is 3. The number of carbonyl (C=O) groups excluding carboxylic acids is 1. The minimum absolute atomic E-state index is 0.0226. The minimum atomic E-state index is -1.43. The van der Waals surface area contributed by atoms with E-state index < -0.39 is 23.4 Å². The van der Waals surface area contributed by atoms with Crippen LogP contribution in [0.4, 0.5) is 20.8 Å². The number of tetrazole rings is 1. The van der Waals surface area contributed by atoms with Crippen molar-refractivity contribution in [3.05, 3.63) is 29.6 Å². The van der Waals surface area contributed by atoms with Crippen molar-refractivity contribution in [3.63, 3.8) is 0 Å². The molecule has 10 heteroatoms. The van der Waals surface area contributed by atoms with Crippen molar-refractivity contribution in [2.45, 2.75) is 0 Å². The van der Waals surface area contributed by atoms with Crippen molar-refractivity contribution in [1.29, 1.82) is 0 Å². The third-order valence-corrected chi connectivity index (χ3v) is 2.19. The predicted molar refractivity (Wildman–Crippen MR) is 64.8 cm³/mol. The second kappa shape index (κ2) is 5.30. The largest absolute Gasteiger partial charge is 0.478 e. The normalized spacial score (nSPS) is 10.1. The van der Waals surface area contributed by atoms with Crippen LogP contribution >= 0.6 is 0 Å². The Labute approximate surface area is 111 Å². The van der Waals surface area contributed by atoms with Crippen LogP contribution in [0.1, 0.15) is 10.4 Å². The van der Waals surface area contributed by atoms with Crippen LogP contribution < -0.4 is 10.6 Å². The van der Waals surface area contributed by atoms with Crippen molar-refractivity contribution in [2.75, 3.05) is 10.6 Å². The number of aromatic carboxylic acids is 1. The zero-order chi connectivity index (χ0) is 14.7. The van der Waals surface area contributed by atoms with Gasteiger partial charge in [-0.3, -0.25) is 5.32 Å². The Morgan fingerprint density at radius 3 is 2.70 bits per heavy atom. The average molecular weight is 280 g/mol. The monoisotopic (exact) mass is 280 g/mol. The molecule has 3 N–H and O–H groups in total. The van der Waals surface area contributed by atoms with Crippen molar-refractivity contribution < 1.29 is 19.1 Å². The summed E-state index contributed by atoms with van der Waals surface area (Å²) in [6.45, 7) is 0. The zero-order valence-corrected chi connectivity index (χ0v) is 10.2. The predicted octanol–water partition coefficient (Wildman–Crippen LogP) is 0.691. The van der Waals surface area contributed by atoms with E-state index in [1.54, 1.807) is 0 Å². The topological polar surface area (TPSA) is 122 Å². The molecule has 104 valence electrons. The number of anilines is 2. The Bertz CT molecular complexity index is 671. The lowest BCUT2D eigenvalue weighted by Gasteiger charge is -2.06. The molecular formula is C10H9FN6O3. The molecule has 20 heavy (non-hydrogen) atoms. The molecule has 2 aromatic rings. The molecule has 2 amide bonds. The molecule has 0 atom stereocenters. The number of carbonyl (C=O) groups is 2. The summed E-state index contributed by atoms with van der Waals surface area (Å²) in [6.07, 6.45) is 0. The fourth-order valence-electron chi connectivity index (χ4n) is 1.36. The van der Waals surface area contributed by atoms with Gasteiger partial charge in [-0.15, -0.1) is 5.10 Å². The van der Waals surface area contributed by atoms with E-state index in [9.17, 15) is 14.0 Å². The Hall–Kier alpha value is -3.04. The number of aryl methyl sites for hydroxylation is 1. The number of amides is 2. The van der Waals surface area contributed by atoms with Crippen LogP contribution in [0.25, 0.3) is 0 Å². The van der Waals surface area contributed by atoms with Crippen LogP contribution in [0, 0.1) is 5.82 Å². The maximum atomic E-state index is 13.2. The number of hydrogen-bond acceptors (Lipinski definition) is 5. The van der Waals surface area contributed by atoms with E-state index >= 15 is 0 Å². The number of halogens is 1. The highest BCUT2D eigenvalue weighted by molar-refractivity contribution is 5.99. The van der Waals surface area contributed by atoms with Gasteiger partial charge in [-0.1, -0.05) is 5.10 Å². The average Bonchev–Trinajstić information content (AvgIpc) is 2.76. The van der Waals surface area contributed by atoms with Crippen LogP contribution in [0.5, 0.6) is 0 Å². The molecule has 0 aliphatic heterocycles. The fraction of sp³-hybridized carbons (Fsp3) is 0.100. The first kappa shape index (κ1) is 13.4. The molecule has 1 aromatic heterocycles. The molecule has 0 fully saturated rings. The van der Waals surface area contributed by atoms with Gasteiger partial charge in [0, 0.05) is 5.69 Å². The van der Waals surface area contributed by atoms with Gasteiger partial charge in [0.2, 0.25) is 0 Å². The lowest BCUT2D eigenvalue weighted by Crippen LogP contribution is -2.20. The van der Waals surface area contributed by atoms with E-state index in [0.29, 0.717) is 0 Å². The summed E-state index contributed by atoms with van der Waals surface area (Å²) in [5.41, 5.74) is -0.425. The quantitative estimate of drug-likeness (QED) is 0.760. The molecule has 0 radical (unpaired) electrons. The Morgan fingerprint density at radius 1 is 1.35 bits per heavy atom. The van der Waals surface area contributed by atoms with Crippen molar-refractivity contribution in [2.24, 2.45) is 7.05 Å². The third kappa shape index (κ3) is 3.04. The molecule has 0 saturated carbocycles. The molecule has 0 unspecified atom stereocenters. The van der Waals surface area contributed by atoms with Gasteiger partial charge in [0.1, 0.15) is 5.82 Å². The molecule has 1 heterocycles. The molecule has 9 nitrogen and oxygen atoms in total. The van der Waals surface area contributed by atoms with Gasteiger partial charge in [0.25, 0.3) is 5.95 Å². The smallest absolute Gasteiger partial charge is 0.338 e. The van der Waals surface area contributed by atoms with E-state index in [-0.39, 0.29) is 11.6 Å². The number of hydrogen-bond donors (Lipinski definition) is 3. The molecular weight excluding hydrogens is 271 g/mol. The summed E-state index contributed by atoms with van der Waals surface area (Å²) in [7, 11) is 1.52. The van der Waals surface area contributed by atoms with Gasteiger partial charge >= 0.3 is 12.0 Å². The standard InChI is InChI=1S/C10H9FN6O3/c1-17-15-9(14-16-17)13-10(20)12-5-2-3-7(11)6(4-5)8(18)19/h2-4H,1H3,(H,18,19)(H2,12,13,15,20). The van der Waals surface area contributed by atoms with Gasteiger partial charge in [0.15, 0.2) is 0 Å². The molecule has 0 saturated heterocycles. The van der Waals surface area contributed by atoms with Gasteiger partial charge in [0.05, 0.1) is 12.6 Å². The summed E-state index contributed by atoms with van der Waals surface area (Å²) in [5.74, 6) is -2.34. The van der Waals surface area contributed by atoms with E-state index in [1.165, 1.54) is 13.1 Å². The van der Waals surface area contributed by atoms with E-state index in [0.717, 1.165) is 16.9 Å². The number of nitrogens with zero attached hydrogens (tertiary/aromatic N) is 4. The number of aromatic nitrogens is 4. The maximum absolute atomic E-state index is 13.2. The highest BCUT2D eigenvalue weighted by Crippen LogP contribution is 2.15. The molecule has 0 spiro atoms.